The SMILES string of the molecule is CC.CC(C)CCCN(C)C.CCCCC(C)C.CCCCC(C)C.C[n+]1cc[nH]c1.[Y].[Y].[Y].[Y].[Y].[Y].[Y].c1ccncc1. The van der Waals surface area contributed by atoms with Crippen molar-refractivity contribution in [2.75, 3.05) is 20.6 Å². The molecule has 0 unspecified atom stereocenters. The molecule has 0 aliphatic rings. The summed E-state index contributed by atoms with van der Waals surface area (Å²) in [6.45, 7) is 23.4. The topological polar surface area (TPSA) is 35.8 Å². The van der Waals surface area contributed by atoms with Gasteiger partial charge in [0.1, 0.15) is 12.4 Å². The first-order valence-corrected chi connectivity index (χ1v) is 15.0. The summed E-state index contributed by atoms with van der Waals surface area (Å²) in [4.78, 5) is 8.92. The van der Waals surface area contributed by atoms with Crippen LogP contribution in [0.1, 0.15) is 121 Å². The number of nitrogens with zero attached hydrogens (tertiary/aromatic N) is 3. The molecule has 0 aliphatic carbocycles. The predicted molar refractivity (Wildman–Crippen MR) is 169 cm³/mol. The van der Waals surface area contributed by atoms with E-state index in [1.165, 1.54) is 57.9 Å². The van der Waals surface area contributed by atoms with Gasteiger partial charge in [-0.3, -0.25) is 9.97 Å². The summed E-state index contributed by atoms with van der Waals surface area (Å²) in [5, 5.41) is 0. The molecule has 2 heterocycles. The Labute approximate surface area is 454 Å². The van der Waals surface area contributed by atoms with E-state index in [4.69, 9.17) is 0 Å². The van der Waals surface area contributed by atoms with Gasteiger partial charge in [-0.1, -0.05) is 114 Å². The van der Waals surface area contributed by atoms with Gasteiger partial charge in [-0.15, -0.1) is 0 Å². The summed E-state index contributed by atoms with van der Waals surface area (Å²) in [5.74, 6) is 2.67. The molecule has 0 bridgehead atoms. The Bertz CT molecular complexity index is 544. The van der Waals surface area contributed by atoms with E-state index in [0.29, 0.717) is 0 Å². The van der Waals surface area contributed by atoms with Gasteiger partial charge >= 0.3 is 0 Å². The van der Waals surface area contributed by atoms with Crippen molar-refractivity contribution in [2.45, 2.75) is 121 Å². The number of pyridine rings is 1. The van der Waals surface area contributed by atoms with E-state index in [-0.39, 0.29) is 229 Å². The number of unbranched alkanes of at least 4 members (excludes halogenated alkanes) is 2. The van der Waals surface area contributed by atoms with Crippen LogP contribution in [0.2, 0.25) is 0 Å². The summed E-state index contributed by atoms with van der Waals surface area (Å²) < 4.78 is 1.94. The Kier molecular flexibility index (Phi) is 127. The minimum absolute atomic E-state index is 0. The fourth-order valence-electron chi connectivity index (χ4n) is 2.72. The van der Waals surface area contributed by atoms with E-state index in [1.54, 1.807) is 12.4 Å². The quantitative estimate of drug-likeness (QED) is 0.241. The Hall–Kier alpha value is 6.05. The van der Waals surface area contributed by atoms with Crippen LogP contribution in [0.5, 0.6) is 0 Å². The maximum absolute atomic E-state index is 3.78. The average Bonchev–Trinajstić information content (AvgIpc) is 3.35. The first-order valence-electron chi connectivity index (χ1n) is 15.0. The fraction of sp³-hybridized carbons (Fsp3) is 0.758. The van der Waals surface area contributed by atoms with Crippen molar-refractivity contribution in [3.05, 3.63) is 49.3 Å². The largest absolute Gasteiger partial charge is 0.309 e. The smallest absolute Gasteiger partial charge is 0.241 e. The molecule has 0 atom stereocenters. The summed E-state index contributed by atoms with van der Waals surface area (Å²) >= 11 is 0. The molecule has 0 aromatic carbocycles. The molecular formula is C33H69N4Y7+. The van der Waals surface area contributed by atoms with Crippen LogP contribution in [0, 0.1) is 17.8 Å². The first-order chi connectivity index (χ1) is 17.6. The first kappa shape index (κ1) is 79.0. The van der Waals surface area contributed by atoms with Crippen molar-refractivity contribution in [3.63, 3.8) is 0 Å². The number of imidazole rings is 1. The minimum Gasteiger partial charge on any atom is -0.309 e. The zero-order valence-electron chi connectivity index (χ0n) is 31.6. The second-order valence-electron chi connectivity index (χ2n) is 10.7. The van der Waals surface area contributed by atoms with Crippen LogP contribution in [0.4, 0.5) is 0 Å². The number of aromatic nitrogens is 3. The molecule has 0 aliphatic heterocycles. The van der Waals surface area contributed by atoms with Crippen molar-refractivity contribution < 1.29 is 234 Å². The summed E-state index contributed by atoms with van der Waals surface area (Å²) in [7, 11) is 6.22. The maximum Gasteiger partial charge on any atom is 0.241 e. The van der Waals surface area contributed by atoms with Crippen molar-refractivity contribution in [3.8, 4) is 0 Å². The van der Waals surface area contributed by atoms with Crippen LogP contribution in [-0.4, -0.2) is 35.5 Å². The number of aryl methyl sites for hydroxylation is 1. The molecule has 7 radical (unpaired) electrons. The summed E-state index contributed by atoms with van der Waals surface area (Å²) in [6.07, 6.45) is 20.2. The summed E-state index contributed by atoms with van der Waals surface area (Å²) in [5.41, 5.74) is 0. The Morgan fingerprint density at radius 3 is 1.14 bits per heavy atom. The Morgan fingerprint density at radius 1 is 0.636 bits per heavy atom. The standard InChI is InChI=1S/C8H19N.2C7H16.C5H5N.C4H6N2.C2H6.7Y/c1-8(2)6-5-7-9(3)4;2*1-4-5-6-7(2)3;1-2-4-6-5-3-1;1-6-3-2-5-4-6;1-2;;;;;;;/h8H,5-7H2,1-4H3;2*7H,4-6H2,1-3H3;1-5H;2-4H,1H3;1-2H3;;;;;;;/p+1. The number of nitrogens with one attached hydrogen (secondary N) is 1. The van der Waals surface area contributed by atoms with Crippen molar-refractivity contribution in [1.29, 1.82) is 0 Å². The molecule has 11 heteroatoms. The second kappa shape index (κ2) is 70.6. The molecule has 1 N–H and O–H groups in total. The zero-order chi connectivity index (χ0) is 29.3. The molecule has 0 amide bonds. The van der Waals surface area contributed by atoms with Crippen LogP contribution in [0.25, 0.3) is 0 Å². The minimum atomic E-state index is 0. The van der Waals surface area contributed by atoms with Gasteiger partial charge in [-0.25, -0.2) is 4.57 Å². The maximum atomic E-state index is 3.78. The molecule has 0 fully saturated rings. The average molecular weight is 1140 g/mol. The molecular weight excluding hydrogens is 1070 g/mol. The third-order valence-corrected chi connectivity index (χ3v) is 4.91. The third-order valence-electron chi connectivity index (χ3n) is 4.91. The van der Waals surface area contributed by atoms with Gasteiger partial charge in [-0.2, -0.15) is 0 Å². The van der Waals surface area contributed by atoms with E-state index >= 15 is 0 Å². The van der Waals surface area contributed by atoms with Crippen molar-refractivity contribution in [2.24, 2.45) is 24.8 Å². The van der Waals surface area contributed by atoms with Gasteiger partial charge in [0.25, 0.3) is 0 Å². The van der Waals surface area contributed by atoms with Crippen LogP contribution in [0.15, 0.2) is 49.3 Å². The molecule has 0 saturated carbocycles. The number of aromatic amines is 1. The van der Waals surface area contributed by atoms with E-state index < -0.39 is 0 Å². The second-order valence-corrected chi connectivity index (χ2v) is 10.7. The molecule has 0 saturated heterocycles. The van der Waals surface area contributed by atoms with E-state index in [0.717, 1.165) is 17.8 Å². The van der Waals surface area contributed by atoms with Gasteiger partial charge in [0, 0.05) is 241 Å². The normalized spacial score (nSPS) is 8.02. The molecule has 4 nitrogen and oxygen atoms in total. The molecule has 2 aromatic rings. The van der Waals surface area contributed by atoms with Crippen LogP contribution in [-0.2, 0) is 236 Å². The molecule has 2 rings (SSSR count). The van der Waals surface area contributed by atoms with Crippen molar-refractivity contribution in [1.82, 2.24) is 14.9 Å². The Morgan fingerprint density at radius 2 is 1.00 bits per heavy atom. The number of rotatable bonds is 10. The van der Waals surface area contributed by atoms with Gasteiger partial charge < -0.3 is 4.90 Å². The van der Waals surface area contributed by atoms with Gasteiger partial charge in [0.05, 0.1) is 7.05 Å². The van der Waals surface area contributed by atoms with Gasteiger partial charge in [-0.05, 0) is 63.4 Å². The van der Waals surface area contributed by atoms with Crippen molar-refractivity contribution >= 4 is 0 Å². The van der Waals surface area contributed by atoms with Crippen LogP contribution in [0.3, 0.4) is 0 Å². The van der Waals surface area contributed by atoms with E-state index in [1.807, 2.05) is 62.4 Å². The Balaban J connectivity index is -0.0000000327. The summed E-state index contributed by atoms with van der Waals surface area (Å²) in [6, 6.07) is 5.72. The number of hydrogen-bond acceptors (Lipinski definition) is 2. The van der Waals surface area contributed by atoms with Gasteiger partial charge in [0.2, 0.25) is 6.33 Å². The monoisotopic (exact) mass is 1140 g/mol. The molecule has 241 valence electrons. The fourth-order valence-corrected chi connectivity index (χ4v) is 2.72. The molecule has 44 heavy (non-hydrogen) atoms. The van der Waals surface area contributed by atoms with E-state index in [2.05, 4.69) is 84.4 Å². The number of hydrogen-bond donors (Lipinski definition) is 1. The van der Waals surface area contributed by atoms with Crippen LogP contribution >= 0.6 is 0 Å². The van der Waals surface area contributed by atoms with Crippen LogP contribution < -0.4 is 4.57 Å². The molecule has 0 spiro atoms. The molecule has 2 aromatic heterocycles. The van der Waals surface area contributed by atoms with Gasteiger partial charge in [0.15, 0.2) is 0 Å². The predicted octanol–water partition coefficient (Wildman–Crippen LogP) is 9.58. The zero-order valence-corrected chi connectivity index (χ0v) is 51.5. The third kappa shape index (κ3) is 97.4. The number of H-pyrrole nitrogens is 1. The van der Waals surface area contributed by atoms with E-state index in [9.17, 15) is 0 Å².